The maximum absolute atomic E-state index is 11.8. The van der Waals surface area contributed by atoms with Crippen molar-refractivity contribution >= 4 is 35.1 Å². The molecule has 0 saturated carbocycles. The van der Waals surface area contributed by atoms with Crippen molar-refractivity contribution in [3.8, 4) is 0 Å². The maximum Gasteiger partial charge on any atom is 0.335 e. The molecule has 6 nitrogen and oxygen atoms in total. The molecule has 0 aromatic heterocycles. The lowest BCUT2D eigenvalue weighted by molar-refractivity contribution is -0.122. The fraction of sp³-hybridized carbons (Fsp3) is 0.250. The Hall–Kier alpha value is -2.08. The summed E-state index contributed by atoms with van der Waals surface area (Å²) in [6, 6.07) is 3.46. The van der Waals surface area contributed by atoms with Crippen molar-refractivity contribution < 1.29 is 19.5 Å². The molecule has 7 heteroatoms. The summed E-state index contributed by atoms with van der Waals surface area (Å²) in [5.74, 6) is -1.69. The Balaban J connectivity index is 2.12. The molecule has 19 heavy (non-hydrogen) atoms. The summed E-state index contributed by atoms with van der Waals surface area (Å²) in [6.07, 6.45) is 0.741. The predicted molar refractivity (Wildman–Crippen MR) is 68.2 cm³/mol. The second-order valence-electron chi connectivity index (χ2n) is 4.18. The highest BCUT2D eigenvalue weighted by molar-refractivity contribution is 6.31. The van der Waals surface area contributed by atoms with Gasteiger partial charge in [0.1, 0.15) is 6.04 Å². The van der Waals surface area contributed by atoms with Crippen LogP contribution >= 0.6 is 11.6 Å². The molecule has 1 fully saturated rings. The molecule has 1 aromatic rings. The van der Waals surface area contributed by atoms with Gasteiger partial charge in [-0.05, 0) is 24.6 Å². The Labute approximate surface area is 113 Å². The van der Waals surface area contributed by atoms with Gasteiger partial charge >= 0.3 is 5.97 Å². The molecule has 1 heterocycles. The van der Waals surface area contributed by atoms with Gasteiger partial charge in [-0.15, -0.1) is 0 Å². The molecule has 1 aromatic carbocycles. The average Bonchev–Trinajstić information content (AvgIpc) is 2.75. The molecule has 0 unspecified atom stereocenters. The molecule has 1 aliphatic rings. The van der Waals surface area contributed by atoms with Crippen molar-refractivity contribution in [1.82, 2.24) is 5.32 Å². The SMILES string of the molecule is O=C1CC[C@@H](C(=O)Nc2cc(Cl)cc(C(=O)O)c2)N1. The molecule has 0 radical (unpaired) electrons. The number of amides is 2. The Kier molecular flexibility index (Phi) is 3.71. The Morgan fingerprint density at radius 3 is 2.68 bits per heavy atom. The van der Waals surface area contributed by atoms with Crippen LogP contribution in [0.25, 0.3) is 0 Å². The van der Waals surface area contributed by atoms with Gasteiger partial charge in [-0.1, -0.05) is 11.6 Å². The van der Waals surface area contributed by atoms with Gasteiger partial charge < -0.3 is 15.7 Å². The molecule has 0 spiro atoms. The number of benzene rings is 1. The molecule has 0 bridgehead atoms. The third-order valence-corrected chi connectivity index (χ3v) is 2.94. The van der Waals surface area contributed by atoms with Crippen molar-refractivity contribution in [2.24, 2.45) is 0 Å². The number of carboxylic acid groups (broad SMARTS) is 1. The highest BCUT2D eigenvalue weighted by Crippen LogP contribution is 2.20. The van der Waals surface area contributed by atoms with E-state index in [0.717, 1.165) is 0 Å². The van der Waals surface area contributed by atoms with Crippen molar-refractivity contribution in [3.63, 3.8) is 0 Å². The van der Waals surface area contributed by atoms with Crippen molar-refractivity contribution in [2.45, 2.75) is 18.9 Å². The topological polar surface area (TPSA) is 95.5 Å². The molecule has 1 aliphatic heterocycles. The summed E-state index contributed by atoms with van der Waals surface area (Å²) >= 11 is 5.78. The van der Waals surface area contributed by atoms with E-state index in [1.165, 1.54) is 18.2 Å². The van der Waals surface area contributed by atoms with E-state index >= 15 is 0 Å². The molecule has 2 amide bonds. The van der Waals surface area contributed by atoms with Crippen LogP contribution in [-0.4, -0.2) is 28.9 Å². The van der Waals surface area contributed by atoms with Gasteiger partial charge in [0.25, 0.3) is 0 Å². The van der Waals surface area contributed by atoms with Gasteiger partial charge in [0.05, 0.1) is 5.56 Å². The number of aromatic carboxylic acids is 1. The zero-order valence-electron chi connectivity index (χ0n) is 9.77. The smallest absolute Gasteiger partial charge is 0.335 e. The van der Waals surface area contributed by atoms with Crippen LogP contribution in [0, 0.1) is 0 Å². The summed E-state index contributed by atoms with van der Waals surface area (Å²) in [4.78, 5) is 33.7. The molecule has 3 N–H and O–H groups in total. The third-order valence-electron chi connectivity index (χ3n) is 2.72. The average molecular weight is 283 g/mol. The van der Waals surface area contributed by atoms with Crippen LogP contribution in [0.1, 0.15) is 23.2 Å². The molecule has 2 rings (SSSR count). The minimum atomic E-state index is -1.13. The number of anilines is 1. The standard InChI is InChI=1S/C12H11ClN2O4/c13-7-3-6(12(18)19)4-8(5-7)14-11(17)9-1-2-10(16)15-9/h3-5,9H,1-2H2,(H,14,17)(H,15,16)(H,18,19)/t9-/m0/s1. The summed E-state index contributed by atoms with van der Waals surface area (Å²) < 4.78 is 0. The molecule has 1 saturated heterocycles. The highest BCUT2D eigenvalue weighted by Gasteiger charge is 2.27. The summed E-state index contributed by atoms with van der Waals surface area (Å²) in [5.41, 5.74) is 0.273. The number of carbonyl (C=O) groups is 3. The van der Waals surface area contributed by atoms with Crippen molar-refractivity contribution in [2.75, 3.05) is 5.32 Å². The van der Waals surface area contributed by atoms with Crippen LogP contribution in [0.4, 0.5) is 5.69 Å². The normalized spacial score (nSPS) is 17.9. The number of hydrogen-bond donors (Lipinski definition) is 3. The number of nitrogens with one attached hydrogen (secondary N) is 2. The van der Waals surface area contributed by atoms with E-state index in [2.05, 4.69) is 10.6 Å². The van der Waals surface area contributed by atoms with Crippen LogP contribution in [-0.2, 0) is 9.59 Å². The second kappa shape index (κ2) is 5.27. The Morgan fingerprint density at radius 2 is 2.11 bits per heavy atom. The number of halogens is 1. The molecule has 1 atom stereocenters. The number of rotatable bonds is 3. The Morgan fingerprint density at radius 1 is 1.37 bits per heavy atom. The van der Waals surface area contributed by atoms with Gasteiger partial charge in [0.2, 0.25) is 11.8 Å². The molecular weight excluding hydrogens is 272 g/mol. The van der Waals surface area contributed by atoms with Crippen molar-refractivity contribution in [3.05, 3.63) is 28.8 Å². The predicted octanol–water partition coefficient (Wildman–Crippen LogP) is 1.26. The first-order valence-electron chi connectivity index (χ1n) is 5.60. The maximum atomic E-state index is 11.8. The summed E-state index contributed by atoms with van der Waals surface area (Å²) in [5, 5.41) is 14.2. The molecule has 0 aliphatic carbocycles. The molecule has 100 valence electrons. The summed E-state index contributed by atoms with van der Waals surface area (Å²) in [7, 11) is 0. The number of carboxylic acids is 1. The zero-order chi connectivity index (χ0) is 14.0. The first kappa shape index (κ1) is 13.4. The van der Waals surface area contributed by atoms with Gasteiger partial charge in [0, 0.05) is 17.1 Å². The lowest BCUT2D eigenvalue weighted by Gasteiger charge is -2.11. The van der Waals surface area contributed by atoms with E-state index < -0.39 is 12.0 Å². The lowest BCUT2D eigenvalue weighted by Crippen LogP contribution is -2.37. The van der Waals surface area contributed by atoms with Crippen LogP contribution < -0.4 is 10.6 Å². The molecular formula is C12H11ClN2O4. The van der Waals surface area contributed by atoms with E-state index in [4.69, 9.17) is 16.7 Å². The Bertz CT molecular complexity index is 559. The van der Waals surface area contributed by atoms with Gasteiger partial charge in [-0.2, -0.15) is 0 Å². The fourth-order valence-corrected chi connectivity index (χ4v) is 2.06. The van der Waals surface area contributed by atoms with E-state index in [1.54, 1.807) is 0 Å². The summed E-state index contributed by atoms with van der Waals surface area (Å²) in [6.45, 7) is 0. The minimum Gasteiger partial charge on any atom is -0.478 e. The van der Waals surface area contributed by atoms with Crippen LogP contribution in [0.15, 0.2) is 18.2 Å². The van der Waals surface area contributed by atoms with E-state index in [0.29, 0.717) is 12.8 Å². The first-order valence-corrected chi connectivity index (χ1v) is 5.97. The first-order chi connectivity index (χ1) is 8.95. The minimum absolute atomic E-state index is 0.0155. The van der Waals surface area contributed by atoms with Gasteiger partial charge in [0.15, 0.2) is 0 Å². The van der Waals surface area contributed by atoms with E-state index in [1.807, 2.05) is 0 Å². The third kappa shape index (κ3) is 3.23. The lowest BCUT2D eigenvalue weighted by atomic mass is 10.1. The van der Waals surface area contributed by atoms with Gasteiger partial charge in [-0.3, -0.25) is 9.59 Å². The van der Waals surface area contributed by atoms with Crippen molar-refractivity contribution in [1.29, 1.82) is 0 Å². The fourth-order valence-electron chi connectivity index (χ4n) is 1.83. The van der Waals surface area contributed by atoms with Gasteiger partial charge in [-0.25, -0.2) is 4.79 Å². The van der Waals surface area contributed by atoms with E-state index in [9.17, 15) is 14.4 Å². The van der Waals surface area contributed by atoms with Crippen LogP contribution in [0.5, 0.6) is 0 Å². The quantitative estimate of drug-likeness (QED) is 0.777. The number of carbonyl (C=O) groups excluding carboxylic acids is 2. The monoisotopic (exact) mass is 282 g/mol. The zero-order valence-corrected chi connectivity index (χ0v) is 10.5. The largest absolute Gasteiger partial charge is 0.478 e. The second-order valence-corrected chi connectivity index (χ2v) is 4.62. The van der Waals surface area contributed by atoms with Crippen LogP contribution in [0.2, 0.25) is 5.02 Å². The van der Waals surface area contributed by atoms with Crippen LogP contribution in [0.3, 0.4) is 0 Å². The van der Waals surface area contributed by atoms with E-state index in [-0.39, 0.29) is 28.1 Å². The number of hydrogen-bond acceptors (Lipinski definition) is 3. The highest BCUT2D eigenvalue weighted by atomic mass is 35.5.